The van der Waals surface area contributed by atoms with Gasteiger partial charge in [-0.25, -0.2) is 0 Å². The number of amides is 2. The lowest BCUT2D eigenvalue weighted by molar-refractivity contribution is -0.116. The van der Waals surface area contributed by atoms with Crippen LogP contribution in [0.4, 0.5) is 5.69 Å². The molecular formula is C17H20N2O3S. The number of anilines is 1. The van der Waals surface area contributed by atoms with Gasteiger partial charge in [0.1, 0.15) is 5.75 Å². The summed E-state index contributed by atoms with van der Waals surface area (Å²) in [5.41, 5.74) is 1.75. The van der Waals surface area contributed by atoms with Crippen molar-refractivity contribution in [1.29, 1.82) is 0 Å². The molecule has 1 aromatic heterocycles. The summed E-state index contributed by atoms with van der Waals surface area (Å²) in [5.74, 6) is 0.411. The molecule has 0 unspecified atom stereocenters. The van der Waals surface area contributed by atoms with E-state index < -0.39 is 0 Å². The van der Waals surface area contributed by atoms with E-state index >= 15 is 0 Å². The fourth-order valence-electron chi connectivity index (χ4n) is 2.23. The molecular weight excluding hydrogens is 312 g/mol. The van der Waals surface area contributed by atoms with Crippen molar-refractivity contribution in [3.8, 4) is 5.75 Å². The third-order valence-corrected chi connectivity index (χ3v) is 4.24. The Balaban J connectivity index is 2.06. The van der Waals surface area contributed by atoms with Crippen LogP contribution in [0.5, 0.6) is 5.75 Å². The van der Waals surface area contributed by atoms with E-state index in [0.29, 0.717) is 29.4 Å². The molecule has 0 atom stereocenters. The standard InChI is InChI=1S/C17H20N2O3S/c1-12-6-7-15(22-3)14(11-12)19(13(2)20)9-8-18-17(21)16-5-4-10-23-16/h4-7,10-11H,8-9H2,1-3H3,(H,18,21). The molecule has 1 heterocycles. The zero-order valence-corrected chi connectivity index (χ0v) is 14.3. The monoisotopic (exact) mass is 332 g/mol. The Bertz CT molecular complexity index is 683. The van der Waals surface area contributed by atoms with Gasteiger partial charge in [-0.05, 0) is 36.1 Å². The van der Waals surface area contributed by atoms with Gasteiger partial charge in [0.2, 0.25) is 5.91 Å². The van der Waals surface area contributed by atoms with E-state index in [4.69, 9.17) is 4.74 Å². The van der Waals surface area contributed by atoms with E-state index in [1.165, 1.54) is 18.3 Å². The van der Waals surface area contributed by atoms with Crippen LogP contribution in [-0.2, 0) is 4.79 Å². The van der Waals surface area contributed by atoms with Crippen molar-refractivity contribution in [1.82, 2.24) is 5.32 Å². The number of aryl methyl sites for hydroxylation is 1. The summed E-state index contributed by atoms with van der Waals surface area (Å²) in [6.07, 6.45) is 0. The Kier molecular flexibility index (Phi) is 5.76. The first-order chi connectivity index (χ1) is 11.0. The molecule has 1 aromatic carbocycles. The van der Waals surface area contributed by atoms with Gasteiger partial charge < -0.3 is 15.0 Å². The molecule has 0 spiro atoms. The fourth-order valence-corrected chi connectivity index (χ4v) is 2.87. The lowest BCUT2D eigenvalue weighted by Crippen LogP contribution is -2.37. The van der Waals surface area contributed by atoms with Gasteiger partial charge in [-0.15, -0.1) is 11.3 Å². The number of hydrogen-bond donors (Lipinski definition) is 1. The number of carbonyl (C=O) groups is 2. The molecule has 23 heavy (non-hydrogen) atoms. The van der Waals surface area contributed by atoms with E-state index in [9.17, 15) is 9.59 Å². The Morgan fingerprint density at radius 2 is 2.09 bits per heavy atom. The molecule has 1 N–H and O–H groups in total. The number of rotatable bonds is 6. The van der Waals surface area contributed by atoms with E-state index in [-0.39, 0.29) is 11.8 Å². The number of methoxy groups -OCH3 is 1. The van der Waals surface area contributed by atoms with Crippen LogP contribution in [-0.4, -0.2) is 32.0 Å². The number of nitrogens with zero attached hydrogens (tertiary/aromatic N) is 1. The summed E-state index contributed by atoms with van der Waals surface area (Å²) in [7, 11) is 1.57. The molecule has 0 aliphatic carbocycles. The first kappa shape index (κ1) is 17.0. The summed E-state index contributed by atoms with van der Waals surface area (Å²) in [5, 5.41) is 4.68. The molecule has 0 saturated carbocycles. The molecule has 5 nitrogen and oxygen atoms in total. The zero-order chi connectivity index (χ0) is 16.8. The average molecular weight is 332 g/mol. The Morgan fingerprint density at radius 3 is 2.70 bits per heavy atom. The molecule has 0 bridgehead atoms. The summed E-state index contributed by atoms with van der Waals surface area (Å²) >= 11 is 1.39. The summed E-state index contributed by atoms with van der Waals surface area (Å²) in [4.78, 5) is 26.2. The highest BCUT2D eigenvalue weighted by atomic mass is 32.1. The first-order valence-corrected chi connectivity index (χ1v) is 8.15. The van der Waals surface area contributed by atoms with Gasteiger partial charge in [0, 0.05) is 20.0 Å². The van der Waals surface area contributed by atoms with Crippen LogP contribution in [0.25, 0.3) is 0 Å². The smallest absolute Gasteiger partial charge is 0.261 e. The van der Waals surface area contributed by atoms with Gasteiger partial charge in [0.25, 0.3) is 5.91 Å². The number of hydrogen-bond acceptors (Lipinski definition) is 4. The Hall–Kier alpha value is -2.34. The first-order valence-electron chi connectivity index (χ1n) is 7.27. The van der Waals surface area contributed by atoms with E-state index in [2.05, 4.69) is 5.32 Å². The third-order valence-electron chi connectivity index (χ3n) is 3.37. The van der Waals surface area contributed by atoms with Crippen LogP contribution in [0, 0.1) is 6.92 Å². The van der Waals surface area contributed by atoms with Gasteiger partial charge in [0.15, 0.2) is 0 Å². The van der Waals surface area contributed by atoms with Crippen molar-refractivity contribution < 1.29 is 14.3 Å². The number of carbonyl (C=O) groups excluding carboxylic acids is 2. The normalized spacial score (nSPS) is 10.2. The zero-order valence-electron chi connectivity index (χ0n) is 13.5. The van der Waals surface area contributed by atoms with Crippen molar-refractivity contribution in [2.24, 2.45) is 0 Å². The molecule has 6 heteroatoms. The largest absolute Gasteiger partial charge is 0.495 e. The topological polar surface area (TPSA) is 58.6 Å². The van der Waals surface area contributed by atoms with Crippen molar-refractivity contribution in [3.05, 3.63) is 46.2 Å². The van der Waals surface area contributed by atoms with E-state index in [1.54, 1.807) is 18.1 Å². The van der Waals surface area contributed by atoms with Crippen LogP contribution in [0.1, 0.15) is 22.2 Å². The number of benzene rings is 1. The third kappa shape index (κ3) is 4.32. The molecule has 122 valence electrons. The quantitative estimate of drug-likeness (QED) is 0.885. The van der Waals surface area contributed by atoms with Gasteiger partial charge in [-0.2, -0.15) is 0 Å². The predicted octanol–water partition coefficient (Wildman–Crippen LogP) is 2.85. The van der Waals surface area contributed by atoms with Gasteiger partial charge in [0.05, 0.1) is 17.7 Å². The highest BCUT2D eigenvalue weighted by Crippen LogP contribution is 2.29. The summed E-state index contributed by atoms with van der Waals surface area (Å²) in [6.45, 7) is 4.21. The van der Waals surface area contributed by atoms with Crippen molar-refractivity contribution in [2.75, 3.05) is 25.1 Å². The van der Waals surface area contributed by atoms with Crippen molar-refractivity contribution >= 4 is 28.8 Å². The number of ether oxygens (including phenoxy) is 1. The molecule has 0 aliphatic heterocycles. The Morgan fingerprint density at radius 1 is 1.30 bits per heavy atom. The second-order valence-corrected chi connectivity index (χ2v) is 6.03. The van der Waals surface area contributed by atoms with E-state index in [1.807, 2.05) is 36.6 Å². The second-order valence-electron chi connectivity index (χ2n) is 5.08. The van der Waals surface area contributed by atoms with Crippen LogP contribution >= 0.6 is 11.3 Å². The predicted molar refractivity (Wildman–Crippen MR) is 92.4 cm³/mol. The van der Waals surface area contributed by atoms with Crippen LogP contribution in [0.15, 0.2) is 35.7 Å². The van der Waals surface area contributed by atoms with Gasteiger partial charge in [-0.3, -0.25) is 9.59 Å². The minimum absolute atomic E-state index is 0.0979. The molecule has 2 rings (SSSR count). The van der Waals surface area contributed by atoms with E-state index in [0.717, 1.165) is 5.56 Å². The van der Waals surface area contributed by atoms with Crippen LogP contribution in [0.2, 0.25) is 0 Å². The molecule has 0 aliphatic rings. The molecule has 0 radical (unpaired) electrons. The lowest BCUT2D eigenvalue weighted by atomic mass is 10.2. The van der Waals surface area contributed by atoms with Crippen LogP contribution in [0.3, 0.4) is 0 Å². The maximum Gasteiger partial charge on any atom is 0.261 e. The SMILES string of the molecule is COc1ccc(C)cc1N(CCNC(=O)c1cccs1)C(C)=O. The molecule has 2 amide bonds. The highest BCUT2D eigenvalue weighted by Gasteiger charge is 2.16. The van der Waals surface area contributed by atoms with Gasteiger partial charge in [-0.1, -0.05) is 12.1 Å². The Labute approximate surface area is 139 Å². The van der Waals surface area contributed by atoms with Gasteiger partial charge >= 0.3 is 0 Å². The van der Waals surface area contributed by atoms with Crippen LogP contribution < -0.4 is 15.0 Å². The highest BCUT2D eigenvalue weighted by molar-refractivity contribution is 7.12. The minimum atomic E-state index is -0.125. The molecule has 2 aromatic rings. The second kappa shape index (κ2) is 7.78. The maximum atomic E-state index is 12.0. The average Bonchev–Trinajstić information content (AvgIpc) is 3.05. The van der Waals surface area contributed by atoms with Crippen molar-refractivity contribution in [3.63, 3.8) is 0 Å². The lowest BCUT2D eigenvalue weighted by Gasteiger charge is -2.24. The molecule has 0 saturated heterocycles. The summed E-state index contributed by atoms with van der Waals surface area (Å²) < 4.78 is 5.34. The number of nitrogens with one attached hydrogen (secondary N) is 1. The fraction of sp³-hybridized carbons (Fsp3) is 0.294. The molecule has 0 fully saturated rings. The summed E-state index contributed by atoms with van der Waals surface area (Å²) in [6, 6.07) is 9.27. The number of thiophene rings is 1. The maximum absolute atomic E-state index is 12.0. The van der Waals surface area contributed by atoms with Crippen molar-refractivity contribution in [2.45, 2.75) is 13.8 Å². The minimum Gasteiger partial charge on any atom is -0.495 e.